The van der Waals surface area contributed by atoms with Gasteiger partial charge in [0.15, 0.2) is 5.82 Å². The van der Waals surface area contributed by atoms with Crippen LogP contribution in [0.3, 0.4) is 0 Å². The Balaban J connectivity index is 1.75. The lowest BCUT2D eigenvalue weighted by molar-refractivity contribution is 0.194. The quantitative estimate of drug-likeness (QED) is 0.787. The molecule has 2 rings (SSSR count). The zero-order valence-electron chi connectivity index (χ0n) is 12.1. The Kier molecular flexibility index (Phi) is 5.86. The number of hydrogen-bond donors (Lipinski definition) is 2. The topological polar surface area (TPSA) is 68.2 Å². The fraction of sp³-hybridized carbons (Fsp3) is 0.714. The summed E-state index contributed by atoms with van der Waals surface area (Å²) in [5, 5.41) is 9.97. The number of amides is 2. The highest BCUT2D eigenvalue weighted by Crippen LogP contribution is 2.27. The van der Waals surface area contributed by atoms with E-state index in [1.54, 1.807) is 7.11 Å². The molecule has 1 aromatic rings. The smallest absolute Gasteiger partial charge is 0.320 e. The average Bonchev–Trinajstić information content (AvgIpc) is 2.93. The number of aromatic nitrogens is 2. The summed E-state index contributed by atoms with van der Waals surface area (Å²) < 4.78 is 6.91. The van der Waals surface area contributed by atoms with E-state index in [4.69, 9.17) is 4.74 Å². The van der Waals surface area contributed by atoms with Crippen LogP contribution in [-0.4, -0.2) is 36.1 Å². The van der Waals surface area contributed by atoms with Gasteiger partial charge in [-0.3, -0.25) is 10.00 Å². The van der Waals surface area contributed by atoms with Crippen LogP contribution in [0.2, 0.25) is 0 Å². The lowest BCUT2D eigenvalue weighted by Gasteiger charge is -2.21. The molecule has 0 radical (unpaired) electrons. The van der Waals surface area contributed by atoms with Gasteiger partial charge < -0.3 is 10.1 Å². The van der Waals surface area contributed by atoms with E-state index in [9.17, 15) is 4.79 Å². The molecular weight excluding hydrogens is 256 g/mol. The number of nitrogens with one attached hydrogen (secondary N) is 2. The number of urea groups is 1. The number of rotatable bonds is 6. The van der Waals surface area contributed by atoms with Crippen molar-refractivity contribution in [2.75, 3.05) is 25.6 Å². The molecule has 2 amide bonds. The Hall–Kier alpha value is -1.56. The molecule has 1 fully saturated rings. The molecule has 1 aromatic heterocycles. The second kappa shape index (κ2) is 7.89. The molecule has 0 atom stereocenters. The maximum absolute atomic E-state index is 11.6. The predicted octanol–water partition coefficient (Wildman–Crippen LogP) is 2.55. The molecule has 1 aliphatic rings. The van der Waals surface area contributed by atoms with Crippen LogP contribution in [0.15, 0.2) is 12.3 Å². The van der Waals surface area contributed by atoms with Gasteiger partial charge in [0.05, 0.1) is 6.04 Å². The van der Waals surface area contributed by atoms with E-state index >= 15 is 0 Å². The standard InChI is InChI=1S/C14H24N4O2/c1-20-11-5-9-15-14(19)16-13-8-10-18(17-13)12-6-3-2-4-7-12/h8,10,12H,2-7,9,11H2,1H3,(H2,15,16,17,19). The third-order valence-corrected chi connectivity index (χ3v) is 3.61. The number of methoxy groups -OCH3 is 1. The Labute approximate surface area is 119 Å². The second-order valence-electron chi connectivity index (χ2n) is 5.20. The molecule has 0 saturated heterocycles. The first kappa shape index (κ1) is 14.8. The molecule has 112 valence electrons. The zero-order chi connectivity index (χ0) is 14.2. The first-order chi connectivity index (χ1) is 9.79. The highest BCUT2D eigenvalue weighted by molar-refractivity contribution is 5.88. The van der Waals surface area contributed by atoms with Crippen molar-refractivity contribution in [3.8, 4) is 0 Å². The van der Waals surface area contributed by atoms with Crippen LogP contribution >= 0.6 is 0 Å². The Morgan fingerprint density at radius 2 is 2.25 bits per heavy atom. The molecular formula is C14H24N4O2. The molecule has 0 spiro atoms. The fourth-order valence-corrected chi connectivity index (χ4v) is 2.53. The monoisotopic (exact) mass is 280 g/mol. The van der Waals surface area contributed by atoms with Crippen LogP contribution in [-0.2, 0) is 4.74 Å². The van der Waals surface area contributed by atoms with Crippen molar-refractivity contribution >= 4 is 11.8 Å². The van der Waals surface area contributed by atoms with Gasteiger partial charge in [-0.25, -0.2) is 4.79 Å². The van der Waals surface area contributed by atoms with Gasteiger partial charge in [0.2, 0.25) is 0 Å². The Bertz CT molecular complexity index is 413. The lowest BCUT2D eigenvalue weighted by Crippen LogP contribution is -2.30. The van der Waals surface area contributed by atoms with Crippen LogP contribution in [0.5, 0.6) is 0 Å². The van der Waals surface area contributed by atoms with Crippen molar-refractivity contribution in [1.82, 2.24) is 15.1 Å². The summed E-state index contributed by atoms with van der Waals surface area (Å²) in [5.41, 5.74) is 0. The minimum Gasteiger partial charge on any atom is -0.385 e. The van der Waals surface area contributed by atoms with E-state index in [-0.39, 0.29) is 6.03 Å². The summed E-state index contributed by atoms with van der Waals surface area (Å²) in [7, 11) is 1.65. The molecule has 20 heavy (non-hydrogen) atoms. The summed E-state index contributed by atoms with van der Waals surface area (Å²) in [4.78, 5) is 11.6. The van der Waals surface area contributed by atoms with Crippen LogP contribution in [0.25, 0.3) is 0 Å². The van der Waals surface area contributed by atoms with Crippen molar-refractivity contribution in [1.29, 1.82) is 0 Å². The number of carbonyl (C=O) groups excluding carboxylic acids is 1. The van der Waals surface area contributed by atoms with Crippen molar-refractivity contribution in [2.45, 2.75) is 44.6 Å². The molecule has 6 nitrogen and oxygen atoms in total. The summed E-state index contributed by atoms with van der Waals surface area (Å²) in [6.45, 7) is 1.25. The normalized spacial score (nSPS) is 16.1. The van der Waals surface area contributed by atoms with E-state index in [1.165, 1.54) is 32.1 Å². The molecule has 0 unspecified atom stereocenters. The van der Waals surface area contributed by atoms with Gasteiger partial charge >= 0.3 is 6.03 Å². The van der Waals surface area contributed by atoms with Crippen LogP contribution in [0, 0.1) is 0 Å². The van der Waals surface area contributed by atoms with E-state index in [2.05, 4.69) is 15.7 Å². The first-order valence-corrected chi connectivity index (χ1v) is 7.38. The summed E-state index contributed by atoms with van der Waals surface area (Å²) in [5.74, 6) is 0.611. The van der Waals surface area contributed by atoms with Gasteiger partial charge in [0.1, 0.15) is 0 Å². The summed E-state index contributed by atoms with van der Waals surface area (Å²) in [6, 6.07) is 2.13. The molecule has 6 heteroatoms. The van der Waals surface area contributed by atoms with Gasteiger partial charge in [-0.1, -0.05) is 19.3 Å². The number of carbonyl (C=O) groups is 1. The predicted molar refractivity (Wildman–Crippen MR) is 77.9 cm³/mol. The fourth-order valence-electron chi connectivity index (χ4n) is 2.53. The average molecular weight is 280 g/mol. The van der Waals surface area contributed by atoms with E-state index in [0.29, 0.717) is 25.0 Å². The third kappa shape index (κ3) is 4.52. The first-order valence-electron chi connectivity index (χ1n) is 7.38. The molecule has 1 heterocycles. The largest absolute Gasteiger partial charge is 0.385 e. The molecule has 0 aliphatic heterocycles. The SMILES string of the molecule is COCCCNC(=O)Nc1ccn(C2CCCCC2)n1. The van der Waals surface area contributed by atoms with Gasteiger partial charge in [0, 0.05) is 32.5 Å². The summed E-state index contributed by atoms with van der Waals surface area (Å²) >= 11 is 0. The minimum atomic E-state index is -0.213. The molecule has 0 bridgehead atoms. The van der Waals surface area contributed by atoms with Crippen LogP contribution < -0.4 is 10.6 Å². The maximum atomic E-state index is 11.6. The molecule has 1 aliphatic carbocycles. The van der Waals surface area contributed by atoms with Gasteiger partial charge in [-0.15, -0.1) is 0 Å². The number of anilines is 1. The highest BCUT2D eigenvalue weighted by Gasteiger charge is 2.16. The zero-order valence-corrected chi connectivity index (χ0v) is 12.1. The van der Waals surface area contributed by atoms with Crippen molar-refractivity contribution < 1.29 is 9.53 Å². The number of hydrogen-bond acceptors (Lipinski definition) is 3. The number of nitrogens with zero attached hydrogens (tertiary/aromatic N) is 2. The van der Waals surface area contributed by atoms with Gasteiger partial charge in [-0.05, 0) is 19.3 Å². The van der Waals surface area contributed by atoms with Crippen molar-refractivity contribution in [2.24, 2.45) is 0 Å². The Morgan fingerprint density at radius 3 is 3.00 bits per heavy atom. The second-order valence-corrected chi connectivity index (χ2v) is 5.20. The number of ether oxygens (including phenoxy) is 1. The highest BCUT2D eigenvalue weighted by atomic mass is 16.5. The Morgan fingerprint density at radius 1 is 1.45 bits per heavy atom. The van der Waals surface area contributed by atoms with Crippen molar-refractivity contribution in [3.05, 3.63) is 12.3 Å². The third-order valence-electron chi connectivity index (χ3n) is 3.61. The van der Waals surface area contributed by atoms with Gasteiger partial charge in [-0.2, -0.15) is 5.10 Å². The molecule has 1 saturated carbocycles. The maximum Gasteiger partial charge on any atom is 0.320 e. The molecule has 2 N–H and O–H groups in total. The van der Waals surface area contributed by atoms with Crippen LogP contribution in [0.4, 0.5) is 10.6 Å². The van der Waals surface area contributed by atoms with E-state index in [0.717, 1.165) is 6.42 Å². The van der Waals surface area contributed by atoms with Crippen molar-refractivity contribution in [3.63, 3.8) is 0 Å². The minimum absolute atomic E-state index is 0.213. The summed E-state index contributed by atoms with van der Waals surface area (Å²) in [6.07, 6.45) is 9.00. The van der Waals surface area contributed by atoms with Gasteiger partial charge in [0.25, 0.3) is 0 Å². The van der Waals surface area contributed by atoms with Crippen LogP contribution in [0.1, 0.15) is 44.6 Å². The van der Waals surface area contributed by atoms with E-state index < -0.39 is 0 Å². The lowest BCUT2D eigenvalue weighted by atomic mass is 9.96. The molecule has 0 aromatic carbocycles. The van der Waals surface area contributed by atoms with E-state index in [1.807, 2.05) is 16.9 Å².